The smallest absolute Gasteiger partial charge is 0.187 e. The maximum absolute atomic E-state index is 6.81. The van der Waals surface area contributed by atoms with Crippen LogP contribution in [0.3, 0.4) is 0 Å². The van der Waals surface area contributed by atoms with Gasteiger partial charge in [-0.15, -0.1) is 0 Å². The fourth-order valence-electron chi connectivity index (χ4n) is 7.78. The Bertz CT molecular complexity index is 1010. The minimum Gasteiger partial charge on any atom is -0.382 e. The first-order valence-corrected chi connectivity index (χ1v) is 18.2. The van der Waals surface area contributed by atoms with Crippen molar-refractivity contribution in [1.29, 1.82) is 0 Å². The Labute approximate surface area is 321 Å². The summed E-state index contributed by atoms with van der Waals surface area (Å²) in [5, 5.41) is 0. The molecule has 3 fully saturated rings. The zero-order valence-electron chi connectivity index (χ0n) is 34.7. The van der Waals surface area contributed by atoms with Gasteiger partial charge < -0.3 is 85.3 Å². The summed E-state index contributed by atoms with van der Waals surface area (Å²) in [6.07, 6.45) is -12.8. The van der Waals surface area contributed by atoms with Gasteiger partial charge in [-0.3, -0.25) is 0 Å². The highest BCUT2D eigenvalue weighted by atomic mass is 16.8. The van der Waals surface area contributed by atoms with Gasteiger partial charge in [-0.05, 0) is 20.8 Å². The first-order chi connectivity index (χ1) is 26.0. The van der Waals surface area contributed by atoms with E-state index >= 15 is 0 Å². The summed E-state index contributed by atoms with van der Waals surface area (Å²) >= 11 is 0. The van der Waals surface area contributed by atoms with Crippen LogP contribution in [0.5, 0.6) is 0 Å². The van der Waals surface area contributed by atoms with E-state index in [1.54, 1.807) is 78.2 Å². The number of ether oxygens (including phenoxy) is 18. The summed E-state index contributed by atoms with van der Waals surface area (Å²) in [5.74, 6) is 0. The number of hydrogen-bond acceptors (Lipinski definition) is 18. The van der Waals surface area contributed by atoms with Crippen LogP contribution in [0.2, 0.25) is 0 Å². The summed E-state index contributed by atoms with van der Waals surface area (Å²) in [5.41, 5.74) is 0. The molecule has 3 saturated heterocycles. The van der Waals surface area contributed by atoms with Gasteiger partial charge >= 0.3 is 0 Å². The average molecular weight is 789 g/mol. The summed E-state index contributed by atoms with van der Waals surface area (Å²) in [4.78, 5) is 0. The van der Waals surface area contributed by atoms with Gasteiger partial charge in [-0.2, -0.15) is 0 Å². The highest BCUT2D eigenvalue weighted by Crippen LogP contribution is 2.36. The Morgan fingerprint density at radius 3 is 1.31 bits per heavy atom. The quantitative estimate of drug-likeness (QED) is 0.143. The van der Waals surface area contributed by atoms with E-state index in [1.807, 2.05) is 20.8 Å². The highest BCUT2D eigenvalue weighted by molar-refractivity contribution is 4.98. The largest absolute Gasteiger partial charge is 0.382 e. The molecule has 0 aromatic carbocycles. The molecule has 19 atom stereocenters. The van der Waals surface area contributed by atoms with Crippen molar-refractivity contribution in [1.82, 2.24) is 0 Å². The Balaban J connectivity index is 2.00. The van der Waals surface area contributed by atoms with Crippen molar-refractivity contribution >= 4 is 0 Å². The van der Waals surface area contributed by atoms with Gasteiger partial charge in [-0.25, -0.2) is 0 Å². The second-order valence-electron chi connectivity index (χ2n) is 13.5. The van der Waals surface area contributed by atoms with E-state index in [0.29, 0.717) is 0 Å². The van der Waals surface area contributed by atoms with Crippen molar-refractivity contribution in [3.63, 3.8) is 0 Å². The molecule has 0 radical (unpaired) electrons. The third-order valence-electron chi connectivity index (χ3n) is 10.6. The SMILES string of the molecule is COC[C@H](O[C@@H]1O[C@H](COC)[C@@H](O[C@H]2O[C@@H](C)[C@H](OC)[C@@H](OC)[C@H]2OC)[C@H](OC)[C@H]1OC)[C@H](O[C@@H]1O[C@@H](C)[C@H](OC)[C@@H](OC)[C@H]1OC)[C@@H](OC)[C@H](C)OC. The van der Waals surface area contributed by atoms with Gasteiger partial charge in [0, 0.05) is 85.3 Å². The van der Waals surface area contributed by atoms with Crippen LogP contribution in [0.25, 0.3) is 0 Å². The maximum atomic E-state index is 6.81. The Kier molecular flexibility index (Phi) is 20.9. The molecule has 18 nitrogen and oxygen atoms in total. The van der Waals surface area contributed by atoms with Crippen LogP contribution in [0.15, 0.2) is 0 Å². The monoisotopic (exact) mass is 788 g/mol. The van der Waals surface area contributed by atoms with Crippen molar-refractivity contribution < 1.29 is 85.3 Å². The molecule has 3 aliphatic heterocycles. The molecule has 3 rings (SSSR count). The molecular weight excluding hydrogens is 720 g/mol. The lowest BCUT2D eigenvalue weighted by molar-refractivity contribution is -0.377. The van der Waals surface area contributed by atoms with Gasteiger partial charge in [0.05, 0.1) is 31.5 Å². The first kappa shape index (κ1) is 47.7. The molecule has 320 valence electrons. The van der Waals surface area contributed by atoms with Crippen molar-refractivity contribution in [3.8, 4) is 0 Å². The van der Waals surface area contributed by atoms with E-state index in [2.05, 4.69) is 0 Å². The van der Waals surface area contributed by atoms with Gasteiger partial charge in [0.2, 0.25) is 0 Å². The molecule has 3 heterocycles. The van der Waals surface area contributed by atoms with E-state index in [4.69, 9.17) is 85.3 Å². The molecule has 0 aliphatic carbocycles. The Morgan fingerprint density at radius 1 is 0.444 bits per heavy atom. The third kappa shape index (κ3) is 10.9. The summed E-state index contributed by atoms with van der Waals surface area (Å²) in [7, 11) is 18.8. The molecule has 0 aromatic rings. The normalized spacial score (nSPS) is 39.9. The predicted octanol–water partition coefficient (Wildman–Crippen LogP) is 0.819. The molecule has 0 aromatic heterocycles. The Morgan fingerprint density at radius 2 is 0.889 bits per heavy atom. The standard InChI is InChI=1S/C36H68O18/c1-18(39-6)23(40-7)26(53-34-31(46-13)28(43-10)24(41-8)19(2)49-34)21(16-37-4)51-36-33(48-15)30(45-12)27(22(52-36)17-38-5)54-35-32(47-14)29(44-11)25(42-9)20(3)50-35/h18-36H,16-17H2,1-15H3/t18-,19-,20-,21-,22+,23-,24-,25-,26-,27+,28+,29+,30-,31+,32+,33+,34-,35+,36+/m0/s1. The predicted molar refractivity (Wildman–Crippen MR) is 189 cm³/mol. The van der Waals surface area contributed by atoms with E-state index in [-0.39, 0.29) is 19.3 Å². The van der Waals surface area contributed by atoms with Crippen LogP contribution >= 0.6 is 0 Å². The molecule has 0 saturated carbocycles. The van der Waals surface area contributed by atoms with Crippen LogP contribution in [0.1, 0.15) is 20.8 Å². The summed E-state index contributed by atoms with van der Waals surface area (Å²) in [6.45, 7) is 5.77. The maximum Gasteiger partial charge on any atom is 0.187 e. The van der Waals surface area contributed by atoms with Crippen LogP contribution in [-0.4, -0.2) is 215 Å². The zero-order chi connectivity index (χ0) is 40.1. The van der Waals surface area contributed by atoms with Gasteiger partial charge in [-0.1, -0.05) is 0 Å². The molecule has 0 amide bonds. The molecule has 18 heteroatoms. The van der Waals surface area contributed by atoms with Crippen LogP contribution in [-0.2, 0) is 85.3 Å². The van der Waals surface area contributed by atoms with Crippen molar-refractivity contribution in [2.24, 2.45) is 0 Å². The van der Waals surface area contributed by atoms with Crippen molar-refractivity contribution in [3.05, 3.63) is 0 Å². The van der Waals surface area contributed by atoms with E-state index in [9.17, 15) is 0 Å². The minimum atomic E-state index is -1.05. The first-order valence-electron chi connectivity index (χ1n) is 18.2. The fourth-order valence-corrected chi connectivity index (χ4v) is 7.78. The number of methoxy groups -OCH3 is 12. The van der Waals surface area contributed by atoms with Gasteiger partial charge in [0.25, 0.3) is 0 Å². The van der Waals surface area contributed by atoms with E-state index in [1.165, 1.54) is 7.11 Å². The van der Waals surface area contributed by atoms with Gasteiger partial charge in [0.15, 0.2) is 18.9 Å². The molecule has 0 N–H and O–H groups in total. The van der Waals surface area contributed by atoms with Crippen LogP contribution in [0.4, 0.5) is 0 Å². The number of rotatable bonds is 23. The third-order valence-corrected chi connectivity index (χ3v) is 10.6. The van der Waals surface area contributed by atoms with Crippen molar-refractivity contribution in [2.45, 2.75) is 137 Å². The average Bonchev–Trinajstić information content (AvgIpc) is 3.17. The topological polar surface area (TPSA) is 166 Å². The van der Waals surface area contributed by atoms with Crippen LogP contribution < -0.4 is 0 Å². The second-order valence-corrected chi connectivity index (χ2v) is 13.5. The Hall–Kier alpha value is -0.720. The van der Waals surface area contributed by atoms with Gasteiger partial charge in [0.1, 0.15) is 79.4 Å². The molecular formula is C36H68O18. The summed E-state index contributed by atoms with van der Waals surface area (Å²) < 4.78 is 110. The molecule has 54 heavy (non-hydrogen) atoms. The zero-order valence-corrected chi connectivity index (χ0v) is 34.7. The number of hydrogen-bond donors (Lipinski definition) is 0. The summed E-state index contributed by atoms with van der Waals surface area (Å²) in [6, 6.07) is 0. The van der Waals surface area contributed by atoms with E-state index in [0.717, 1.165) is 0 Å². The lowest BCUT2D eigenvalue weighted by atomic mass is 9.96. The molecule has 3 aliphatic rings. The van der Waals surface area contributed by atoms with Crippen molar-refractivity contribution in [2.75, 3.05) is 98.5 Å². The highest BCUT2D eigenvalue weighted by Gasteiger charge is 2.55. The van der Waals surface area contributed by atoms with Crippen LogP contribution in [0, 0.1) is 0 Å². The lowest BCUT2D eigenvalue weighted by Gasteiger charge is -2.50. The molecule has 0 unspecified atom stereocenters. The molecule has 0 bridgehead atoms. The van der Waals surface area contributed by atoms with E-state index < -0.39 is 110 Å². The lowest BCUT2D eigenvalue weighted by Crippen LogP contribution is -2.66. The molecule has 0 spiro atoms. The minimum absolute atomic E-state index is 0.0422. The fraction of sp³-hybridized carbons (Fsp3) is 1.00. The second kappa shape index (κ2) is 23.6.